The third-order valence-corrected chi connectivity index (χ3v) is 4.67. The van der Waals surface area contributed by atoms with Crippen LogP contribution in [0.3, 0.4) is 0 Å². The van der Waals surface area contributed by atoms with E-state index in [9.17, 15) is 4.39 Å². The van der Waals surface area contributed by atoms with Crippen molar-refractivity contribution in [1.82, 2.24) is 15.5 Å². The number of rotatable bonds is 6. The van der Waals surface area contributed by atoms with Crippen molar-refractivity contribution in [2.45, 2.75) is 19.5 Å². The maximum Gasteiger partial charge on any atom is 0.191 e. The molecule has 1 saturated heterocycles. The number of halogens is 2. The van der Waals surface area contributed by atoms with Crippen molar-refractivity contribution in [2.24, 2.45) is 4.99 Å². The van der Waals surface area contributed by atoms with Gasteiger partial charge < -0.3 is 19.8 Å². The van der Waals surface area contributed by atoms with Crippen LogP contribution in [0.2, 0.25) is 0 Å². The second kappa shape index (κ2) is 11.4. The minimum atomic E-state index is -0.224. The molecule has 0 saturated carbocycles. The Morgan fingerprint density at radius 2 is 1.93 bits per heavy atom. The second-order valence-electron chi connectivity index (χ2n) is 6.51. The first kappa shape index (κ1) is 22.6. The van der Waals surface area contributed by atoms with Crippen LogP contribution < -0.4 is 10.6 Å². The molecule has 3 rings (SSSR count). The Bertz CT molecular complexity index is 762. The van der Waals surface area contributed by atoms with E-state index < -0.39 is 0 Å². The number of aryl methyl sites for hydroxylation is 1. The summed E-state index contributed by atoms with van der Waals surface area (Å²) in [6.07, 6.45) is 0. The van der Waals surface area contributed by atoms with Crippen molar-refractivity contribution in [3.05, 3.63) is 59.3 Å². The van der Waals surface area contributed by atoms with Crippen LogP contribution in [-0.2, 0) is 11.3 Å². The molecule has 1 aromatic heterocycles. The molecule has 154 valence electrons. The average Bonchev–Trinajstić information content (AvgIpc) is 3.12. The molecule has 1 atom stereocenters. The summed E-state index contributed by atoms with van der Waals surface area (Å²) in [4.78, 5) is 6.59. The molecule has 2 heterocycles. The van der Waals surface area contributed by atoms with Crippen molar-refractivity contribution in [3.63, 3.8) is 0 Å². The summed E-state index contributed by atoms with van der Waals surface area (Å²) in [7, 11) is 1.71. The molecule has 28 heavy (non-hydrogen) atoms. The molecular weight excluding hydrogens is 474 g/mol. The normalized spacial score (nSPS) is 16.3. The highest BCUT2D eigenvalue weighted by atomic mass is 127. The van der Waals surface area contributed by atoms with Gasteiger partial charge in [0.15, 0.2) is 5.96 Å². The predicted octanol–water partition coefficient (Wildman–Crippen LogP) is 3.08. The average molecular weight is 502 g/mol. The topological polar surface area (TPSA) is 62.0 Å². The van der Waals surface area contributed by atoms with Gasteiger partial charge >= 0.3 is 0 Å². The van der Waals surface area contributed by atoms with Crippen LogP contribution in [-0.4, -0.2) is 50.8 Å². The number of hydrogen-bond donors (Lipinski definition) is 2. The van der Waals surface area contributed by atoms with Gasteiger partial charge in [-0.25, -0.2) is 4.39 Å². The molecule has 0 radical (unpaired) electrons. The molecule has 1 aliphatic rings. The summed E-state index contributed by atoms with van der Waals surface area (Å²) in [5.41, 5.74) is 0.604. The van der Waals surface area contributed by atoms with Gasteiger partial charge in [0.1, 0.15) is 17.3 Å². The predicted molar refractivity (Wildman–Crippen MR) is 119 cm³/mol. The summed E-state index contributed by atoms with van der Waals surface area (Å²) in [5, 5.41) is 6.50. The van der Waals surface area contributed by atoms with Crippen LogP contribution in [0.1, 0.15) is 23.1 Å². The first-order valence-corrected chi connectivity index (χ1v) is 9.23. The number of aliphatic imine (C=N–C) groups is 1. The lowest BCUT2D eigenvalue weighted by molar-refractivity contribution is 0.0124. The van der Waals surface area contributed by atoms with Gasteiger partial charge in [-0.3, -0.25) is 9.89 Å². The Balaban J connectivity index is 0.00000280. The van der Waals surface area contributed by atoms with E-state index in [4.69, 9.17) is 9.15 Å². The van der Waals surface area contributed by atoms with E-state index in [0.717, 1.165) is 37.8 Å². The quantitative estimate of drug-likeness (QED) is 0.361. The van der Waals surface area contributed by atoms with E-state index in [1.54, 1.807) is 19.2 Å². The van der Waals surface area contributed by atoms with Crippen molar-refractivity contribution < 1.29 is 13.5 Å². The van der Waals surface area contributed by atoms with E-state index in [1.807, 2.05) is 25.1 Å². The highest BCUT2D eigenvalue weighted by Crippen LogP contribution is 2.23. The number of nitrogens with zero attached hydrogens (tertiary/aromatic N) is 2. The lowest BCUT2D eigenvalue weighted by atomic mass is 10.1. The van der Waals surface area contributed by atoms with Crippen LogP contribution in [0, 0.1) is 12.7 Å². The van der Waals surface area contributed by atoms with Gasteiger partial charge in [0, 0.05) is 38.8 Å². The van der Waals surface area contributed by atoms with E-state index in [2.05, 4.69) is 20.5 Å². The Labute approximate surface area is 182 Å². The summed E-state index contributed by atoms with van der Waals surface area (Å²) in [6.45, 7) is 6.09. The molecule has 1 aromatic carbocycles. The van der Waals surface area contributed by atoms with Gasteiger partial charge in [-0.1, -0.05) is 18.2 Å². The smallest absolute Gasteiger partial charge is 0.191 e. The third kappa shape index (κ3) is 6.18. The van der Waals surface area contributed by atoms with Crippen LogP contribution >= 0.6 is 24.0 Å². The molecule has 2 N–H and O–H groups in total. The fourth-order valence-electron chi connectivity index (χ4n) is 3.17. The van der Waals surface area contributed by atoms with Gasteiger partial charge in [-0.2, -0.15) is 0 Å². The first-order valence-electron chi connectivity index (χ1n) is 9.23. The molecule has 1 fully saturated rings. The monoisotopic (exact) mass is 502 g/mol. The molecule has 8 heteroatoms. The number of benzene rings is 1. The number of guanidine groups is 1. The van der Waals surface area contributed by atoms with Gasteiger partial charge in [0.05, 0.1) is 19.3 Å². The Hall–Kier alpha value is -1.65. The lowest BCUT2D eigenvalue weighted by Gasteiger charge is -2.33. The molecule has 2 aromatic rings. The molecule has 6 nitrogen and oxygen atoms in total. The maximum atomic E-state index is 13.8. The maximum absolute atomic E-state index is 13.8. The van der Waals surface area contributed by atoms with Crippen molar-refractivity contribution in [2.75, 3.05) is 39.9 Å². The van der Waals surface area contributed by atoms with E-state index in [1.165, 1.54) is 6.07 Å². The standard InChI is InChI=1S/C20H27FN4O2.HI/c1-15-7-8-19(27-15)18(25-9-11-26-12-10-25)14-24-20(22-2)23-13-16-5-3-4-6-17(16)21;/h3-8,18H,9-14H2,1-2H3,(H2,22,23,24);1H. The fraction of sp³-hybridized carbons (Fsp3) is 0.450. The molecule has 1 aliphatic heterocycles. The van der Waals surface area contributed by atoms with E-state index >= 15 is 0 Å². The number of nitrogens with one attached hydrogen (secondary N) is 2. The number of hydrogen-bond acceptors (Lipinski definition) is 4. The number of furan rings is 1. The van der Waals surface area contributed by atoms with E-state index in [-0.39, 0.29) is 35.8 Å². The van der Waals surface area contributed by atoms with Gasteiger partial charge in [-0.15, -0.1) is 24.0 Å². The van der Waals surface area contributed by atoms with Crippen LogP contribution in [0.25, 0.3) is 0 Å². The number of morpholine rings is 1. The molecule has 0 amide bonds. The fourth-order valence-corrected chi connectivity index (χ4v) is 3.17. The highest BCUT2D eigenvalue weighted by molar-refractivity contribution is 14.0. The lowest BCUT2D eigenvalue weighted by Crippen LogP contribution is -2.46. The van der Waals surface area contributed by atoms with Crippen molar-refractivity contribution in [1.29, 1.82) is 0 Å². The zero-order valence-electron chi connectivity index (χ0n) is 16.3. The summed E-state index contributed by atoms with van der Waals surface area (Å²) in [6, 6.07) is 10.8. The van der Waals surface area contributed by atoms with Crippen LogP contribution in [0.15, 0.2) is 45.8 Å². The Kier molecular flexibility index (Phi) is 9.20. The zero-order chi connectivity index (χ0) is 19.1. The minimum absolute atomic E-state index is 0. The summed E-state index contributed by atoms with van der Waals surface area (Å²) in [5.74, 6) is 2.22. The van der Waals surface area contributed by atoms with Gasteiger partial charge in [-0.05, 0) is 25.1 Å². The Morgan fingerprint density at radius 1 is 1.18 bits per heavy atom. The first-order chi connectivity index (χ1) is 13.2. The molecule has 1 unspecified atom stereocenters. The largest absolute Gasteiger partial charge is 0.465 e. The van der Waals surface area contributed by atoms with Gasteiger partial charge in [0.25, 0.3) is 0 Å². The SMILES string of the molecule is CN=C(NCc1ccccc1F)NCC(c1ccc(C)o1)N1CCOCC1.I. The third-order valence-electron chi connectivity index (χ3n) is 4.67. The van der Waals surface area contributed by atoms with Crippen LogP contribution in [0.5, 0.6) is 0 Å². The van der Waals surface area contributed by atoms with E-state index in [0.29, 0.717) is 24.6 Å². The molecule has 0 bridgehead atoms. The Morgan fingerprint density at radius 3 is 2.57 bits per heavy atom. The minimum Gasteiger partial charge on any atom is -0.465 e. The summed E-state index contributed by atoms with van der Waals surface area (Å²) >= 11 is 0. The van der Waals surface area contributed by atoms with Crippen molar-refractivity contribution >= 4 is 29.9 Å². The van der Waals surface area contributed by atoms with Gasteiger partial charge in [0.2, 0.25) is 0 Å². The highest BCUT2D eigenvalue weighted by Gasteiger charge is 2.25. The molecular formula is C20H28FIN4O2. The van der Waals surface area contributed by atoms with Crippen LogP contribution in [0.4, 0.5) is 4.39 Å². The second-order valence-corrected chi connectivity index (χ2v) is 6.51. The molecule has 0 aliphatic carbocycles. The summed E-state index contributed by atoms with van der Waals surface area (Å²) < 4.78 is 25.1. The zero-order valence-corrected chi connectivity index (χ0v) is 18.6. The molecule has 0 spiro atoms. The number of ether oxygens (including phenoxy) is 1. The van der Waals surface area contributed by atoms with Crippen molar-refractivity contribution in [3.8, 4) is 0 Å².